The molecular formula is C17H23NO. The van der Waals surface area contributed by atoms with Gasteiger partial charge in [-0.25, -0.2) is 0 Å². The SMILES string of the molecule is Cc1oc2ccccc2c1CNC1CCCC(C)C1. The van der Waals surface area contributed by atoms with Gasteiger partial charge < -0.3 is 9.73 Å². The van der Waals surface area contributed by atoms with Gasteiger partial charge in [0.1, 0.15) is 11.3 Å². The van der Waals surface area contributed by atoms with Gasteiger partial charge in [-0.05, 0) is 31.7 Å². The van der Waals surface area contributed by atoms with Crippen LogP contribution in [0.4, 0.5) is 0 Å². The van der Waals surface area contributed by atoms with Crippen molar-refractivity contribution in [2.75, 3.05) is 0 Å². The highest BCUT2D eigenvalue weighted by molar-refractivity contribution is 5.82. The Bertz CT molecular complexity index is 557. The number of rotatable bonds is 3. The number of benzene rings is 1. The average Bonchev–Trinajstić information content (AvgIpc) is 2.72. The van der Waals surface area contributed by atoms with Crippen LogP contribution in [0.15, 0.2) is 28.7 Å². The number of para-hydroxylation sites is 1. The molecule has 2 atom stereocenters. The fourth-order valence-corrected chi connectivity index (χ4v) is 3.31. The Morgan fingerprint density at radius 1 is 1.26 bits per heavy atom. The first-order valence-electron chi connectivity index (χ1n) is 7.44. The van der Waals surface area contributed by atoms with E-state index in [2.05, 4.69) is 37.4 Å². The van der Waals surface area contributed by atoms with Gasteiger partial charge in [-0.15, -0.1) is 0 Å². The summed E-state index contributed by atoms with van der Waals surface area (Å²) in [5.41, 5.74) is 2.34. The summed E-state index contributed by atoms with van der Waals surface area (Å²) < 4.78 is 5.82. The van der Waals surface area contributed by atoms with Crippen molar-refractivity contribution < 1.29 is 4.42 Å². The molecule has 1 N–H and O–H groups in total. The first-order chi connectivity index (χ1) is 9.24. The maximum Gasteiger partial charge on any atom is 0.134 e. The Hall–Kier alpha value is -1.28. The largest absolute Gasteiger partial charge is 0.461 e. The molecule has 1 aliphatic carbocycles. The van der Waals surface area contributed by atoms with Gasteiger partial charge in [-0.3, -0.25) is 0 Å². The van der Waals surface area contributed by atoms with Crippen LogP contribution in [0.5, 0.6) is 0 Å². The van der Waals surface area contributed by atoms with Gasteiger partial charge in [0.2, 0.25) is 0 Å². The van der Waals surface area contributed by atoms with Crippen LogP contribution in [-0.2, 0) is 6.54 Å². The average molecular weight is 257 g/mol. The molecular weight excluding hydrogens is 234 g/mol. The molecule has 0 bridgehead atoms. The summed E-state index contributed by atoms with van der Waals surface area (Å²) in [6, 6.07) is 9.01. The lowest BCUT2D eigenvalue weighted by atomic mass is 9.87. The molecule has 1 aliphatic rings. The molecule has 2 heteroatoms. The summed E-state index contributed by atoms with van der Waals surface area (Å²) in [6.07, 6.45) is 5.39. The fourth-order valence-electron chi connectivity index (χ4n) is 3.31. The zero-order valence-corrected chi connectivity index (χ0v) is 11.9. The topological polar surface area (TPSA) is 25.2 Å². The maximum absolute atomic E-state index is 5.82. The maximum atomic E-state index is 5.82. The van der Waals surface area contributed by atoms with Crippen molar-refractivity contribution in [3.05, 3.63) is 35.6 Å². The third-order valence-electron chi connectivity index (χ3n) is 4.40. The molecule has 19 heavy (non-hydrogen) atoms. The highest BCUT2D eigenvalue weighted by atomic mass is 16.3. The monoisotopic (exact) mass is 257 g/mol. The van der Waals surface area contributed by atoms with E-state index in [1.807, 2.05) is 6.07 Å². The van der Waals surface area contributed by atoms with Gasteiger partial charge in [-0.2, -0.15) is 0 Å². The van der Waals surface area contributed by atoms with Crippen LogP contribution in [0.1, 0.15) is 43.9 Å². The Kier molecular flexibility index (Phi) is 3.61. The molecule has 0 radical (unpaired) electrons. The van der Waals surface area contributed by atoms with Gasteiger partial charge in [0.25, 0.3) is 0 Å². The minimum absolute atomic E-state index is 0.678. The van der Waals surface area contributed by atoms with Gasteiger partial charge >= 0.3 is 0 Å². The molecule has 0 saturated heterocycles. The van der Waals surface area contributed by atoms with E-state index in [-0.39, 0.29) is 0 Å². The van der Waals surface area contributed by atoms with Crippen LogP contribution < -0.4 is 5.32 Å². The van der Waals surface area contributed by atoms with Crippen LogP contribution >= 0.6 is 0 Å². The summed E-state index contributed by atoms with van der Waals surface area (Å²) in [4.78, 5) is 0. The predicted octanol–water partition coefficient (Wildman–Crippen LogP) is 4.41. The molecule has 0 spiro atoms. The highest BCUT2D eigenvalue weighted by Gasteiger charge is 2.19. The Balaban J connectivity index is 1.73. The molecule has 1 aromatic heterocycles. The van der Waals surface area contributed by atoms with E-state index in [9.17, 15) is 0 Å². The second-order valence-electron chi connectivity index (χ2n) is 5.98. The normalized spacial score (nSPS) is 23.9. The van der Waals surface area contributed by atoms with Gasteiger partial charge in [0.05, 0.1) is 0 Å². The summed E-state index contributed by atoms with van der Waals surface area (Å²) >= 11 is 0. The first-order valence-corrected chi connectivity index (χ1v) is 7.44. The number of fused-ring (bicyclic) bond motifs is 1. The lowest BCUT2D eigenvalue weighted by molar-refractivity contribution is 0.300. The van der Waals surface area contributed by atoms with Crippen molar-refractivity contribution in [3.8, 4) is 0 Å². The number of furan rings is 1. The van der Waals surface area contributed by atoms with Crippen molar-refractivity contribution in [1.82, 2.24) is 5.32 Å². The molecule has 0 amide bonds. The Labute approximate surface area is 115 Å². The lowest BCUT2D eigenvalue weighted by Crippen LogP contribution is -2.33. The molecule has 1 heterocycles. The minimum atomic E-state index is 0.678. The van der Waals surface area contributed by atoms with E-state index < -0.39 is 0 Å². The highest BCUT2D eigenvalue weighted by Crippen LogP contribution is 2.27. The van der Waals surface area contributed by atoms with Gasteiger partial charge in [0, 0.05) is 23.5 Å². The van der Waals surface area contributed by atoms with E-state index in [1.165, 1.54) is 36.6 Å². The van der Waals surface area contributed by atoms with E-state index in [0.717, 1.165) is 23.8 Å². The first kappa shape index (κ1) is 12.7. The van der Waals surface area contributed by atoms with E-state index in [1.54, 1.807) is 0 Å². The number of hydrogen-bond acceptors (Lipinski definition) is 2. The van der Waals surface area contributed by atoms with Gasteiger partial charge in [-0.1, -0.05) is 38.0 Å². The van der Waals surface area contributed by atoms with Crippen LogP contribution in [0.25, 0.3) is 11.0 Å². The van der Waals surface area contributed by atoms with Crippen LogP contribution in [-0.4, -0.2) is 6.04 Å². The van der Waals surface area contributed by atoms with Crippen LogP contribution in [0, 0.1) is 12.8 Å². The van der Waals surface area contributed by atoms with E-state index in [0.29, 0.717) is 6.04 Å². The van der Waals surface area contributed by atoms with Crippen LogP contribution in [0.3, 0.4) is 0 Å². The summed E-state index contributed by atoms with van der Waals surface area (Å²) in [6.45, 7) is 5.37. The number of aryl methyl sites for hydroxylation is 1. The third-order valence-corrected chi connectivity index (χ3v) is 4.40. The molecule has 2 aromatic rings. The van der Waals surface area contributed by atoms with Crippen molar-refractivity contribution in [2.45, 2.75) is 52.1 Å². The summed E-state index contributed by atoms with van der Waals surface area (Å²) in [5, 5.41) is 4.99. The van der Waals surface area contributed by atoms with Crippen molar-refractivity contribution in [2.24, 2.45) is 5.92 Å². The smallest absolute Gasteiger partial charge is 0.134 e. The number of nitrogens with one attached hydrogen (secondary N) is 1. The van der Waals surface area contributed by atoms with Gasteiger partial charge in [0.15, 0.2) is 0 Å². The molecule has 1 aromatic carbocycles. The molecule has 0 aliphatic heterocycles. The second kappa shape index (κ2) is 5.38. The molecule has 1 fully saturated rings. The van der Waals surface area contributed by atoms with Crippen LogP contribution in [0.2, 0.25) is 0 Å². The third kappa shape index (κ3) is 2.69. The van der Waals surface area contributed by atoms with E-state index >= 15 is 0 Å². The Morgan fingerprint density at radius 3 is 2.95 bits per heavy atom. The Morgan fingerprint density at radius 2 is 2.11 bits per heavy atom. The lowest BCUT2D eigenvalue weighted by Gasteiger charge is -2.27. The molecule has 1 saturated carbocycles. The van der Waals surface area contributed by atoms with E-state index in [4.69, 9.17) is 4.42 Å². The zero-order chi connectivity index (χ0) is 13.2. The second-order valence-corrected chi connectivity index (χ2v) is 5.98. The molecule has 3 rings (SSSR count). The minimum Gasteiger partial charge on any atom is -0.461 e. The predicted molar refractivity (Wildman–Crippen MR) is 79.2 cm³/mol. The van der Waals surface area contributed by atoms with Crippen molar-refractivity contribution in [1.29, 1.82) is 0 Å². The summed E-state index contributed by atoms with van der Waals surface area (Å²) in [7, 11) is 0. The number of hydrogen-bond donors (Lipinski definition) is 1. The standard InChI is InChI=1S/C17H23NO/c1-12-6-5-7-14(10-12)18-11-16-13(2)19-17-9-4-3-8-15(16)17/h3-4,8-9,12,14,18H,5-7,10-11H2,1-2H3. The molecule has 2 nitrogen and oxygen atoms in total. The molecule has 2 unspecified atom stereocenters. The molecule has 102 valence electrons. The van der Waals surface area contributed by atoms with Crippen molar-refractivity contribution >= 4 is 11.0 Å². The zero-order valence-electron chi connectivity index (χ0n) is 11.9. The fraction of sp³-hybridized carbons (Fsp3) is 0.529. The quantitative estimate of drug-likeness (QED) is 0.881. The van der Waals surface area contributed by atoms with Crippen molar-refractivity contribution in [3.63, 3.8) is 0 Å². The summed E-state index contributed by atoms with van der Waals surface area (Å²) in [5.74, 6) is 1.92.